The molecule has 31 heavy (non-hydrogen) atoms. The van der Waals surface area contributed by atoms with Crippen molar-refractivity contribution < 1.29 is 33.5 Å². The summed E-state index contributed by atoms with van der Waals surface area (Å²) in [5.74, 6) is 1.69. The monoisotopic (exact) mass is 432 g/mol. The maximum atomic E-state index is 8.36. The second-order valence-corrected chi connectivity index (χ2v) is 7.03. The molecule has 1 aliphatic heterocycles. The molecule has 1 aliphatic rings. The van der Waals surface area contributed by atoms with Gasteiger partial charge in [-0.15, -0.1) is 0 Å². The highest BCUT2D eigenvalue weighted by atomic mass is 16.7. The predicted molar refractivity (Wildman–Crippen MR) is 113 cm³/mol. The number of aromatic nitrogens is 2. The third kappa shape index (κ3) is 8.23. The lowest BCUT2D eigenvalue weighted by atomic mass is 10.2. The number of rotatable bonds is 5. The van der Waals surface area contributed by atoms with Crippen molar-refractivity contribution in [3.05, 3.63) is 48.0 Å². The highest BCUT2D eigenvalue weighted by Crippen LogP contribution is 2.25. The van der Waals surface area contributed by atoms with Crippen molar-refractivity contribution >= 4 is 17.5 Å². The maximum absolute atomic E-state index is 8.36. The summed E-state index contributed by atoms with van der Waals surface area (Å²) in [7, 11) is 0. The van der Waals surface area contributed by atoms with Crippen molar-refractivity contribution in [3.63, 3.8) is 0 Å². The molecule has 0 saturated heterocycles. The average Bonchev–Trinajstić information content (AvgIpc) is 3.20. The van der Waals surface area contributed by atoms with Gasteiger partial charge in [0.05, 0.1) is 18.8 Å². The van der Waals surface area contributed by atoms with Crippen molar-refractivity contribution in [2.75, 3.05) is 6.61 Å². The molecule has 0 radical (unpaired) electrons. The Morgan fingerprint density at radius 1 is 1.10 bits per heavy atom. The first-order valence-corrected chi connectivity index (χ1v) is 9.87. The SMILES string of the molecule is CC(C)OCC1OCc2ccccc2O1.CC(C)Oc1ccc2nonc2c1.O=CO. The summed E-state index contributed by atoms with van der Waals surface area (Å²) in [5.41, 5.74) is 2.56. The van der Waals surface area contributed by atoms with Gasteiger partial charge in [-0.05, 0) is 56.2 Å². The van der Waals surface area contributed by atoms with Crippen LogP contribution in [0.25, 0.3) is 11.0 Å². The highest BCUT2D eigenvalue weighted by molar-refractivity contribution is 5.74. The molecule has 168 valence electrons. The van der Waals surface area contributed by atoms with E-state index in [1.54, 1.807) is 0 Å². The molecule has 1 N–H and O–H groups in total. The Labute approximate surface area is 180 Å². The first kappa shape index (κ1) is 24.1. The van der Waals surface area contributed by atoms with E-state index in [2.05, 4.69) is 14.9 Å². The van der Waals surface area contributed by atoms with Crippen LogP contribution in [0.1, 0.15) is 33.3 Å². The maximum Gasteiger partial charge on any atom is 0.290 e. The van der Waals surface area contributed by atoms with E-state index in [0.29, 0.717) is 13.2 Å². The molecule has 1 aromatic heterocycles. The highest BCUT2D eigenvalue weighted by Gasteiger charge is 2.19. The van der Waals surface area contributed by atoms with Gasteiger partial charge in [-0.3, -0.25) is 4.79 Å². The molecular formula is C22H28N2O7. The van der Waals surface area contributed by atoms with E-state index in [1.807, 2.05) is 70.2 Å². The lowest BCUT2D eigenvalue weighted by molar-refractivity contribution is -0.150. The van der Waals surface area contributed by atoms with Gasteiger partial charge in [0, 0.05) is 11.6 Å². The van der Waals surface area contributed by atoms with E-state index in [1.165, 1.54) is 0 Å². The summed E-state index contributed by atoms with van der Waals surface area (Å²) in [6, 6.07) is 13.4. The molecule has 9 nitrogen and oxygen atoms in total. The summed E-state index contributed by atoms with van der Waals surface area (Å²) < 4.78 is 26.6. The first-order valence-electron chi connectivity index (χ1n) is 9.87. The number of carboxylic acid groups (broad SMARTS) is 1. The van der Waals surface area contributed by atoms with Crippen molar-refractivity contribution in [1.29, 1.82) is 0 Å². The van der Waals surface area contributed by atoms with Crippen molar-refractivity contribution in [2.45, 2.75) is 52.8 Å². The minimum absolute atomic E-state index is 0.164. The molecule has 0 saturated carbocycles. The second kappa shape index (κ2) is 12.5. The third-order valence-corrected chi connectivity index (χ3v) is 3.82. The normalized spacial score (nSPS) is 14.6. The zero-order valence-electron chi connectivity index (χ0n) is 18.1. The minimum atomic E-state index is -0.276. The van der Waals surface area contributed by atoms with E-state index >= 15 is 0 Å². The predicted octanol–water partition coefficient (Wildman–Crippen LogP) is 4.06. The van der Waals surface area contributed by atoms with Crippen LogP contribution < -0.4 is 9.47 Å². The number of nitrogens with zero attached hydrogens (tertiary/aromatic N) is 2. The van der Waals surface area contributed by atoms with E-state index in [4.69, 9.17) is 28.8 Å². The van der Waals surface area contributed by atoms with E-state index in [9.17, 15) is 0 Å². The summed E-state index contributed by atoms with van der Waals surface area (Å²) >= 11 is 0. The van der Waals surface area contributed by atoms with Gasteiger partial charge in [0.15, 0.2) is 0 Å². The zero-order valence-corrected chi connectivity index (χ0v) is 18.1. The molecule has 0 aliphatic carbocycles. The fraction of sp³-hybridized carbons (Fsp3) is 0.409. The van der Waals surface area contributed by atoms with E-state index in [0.717, 1.165) is 28.1 Å². The van der Waals surface area contributed by atoms with Crippen LogP contribution in [0.15, 0.2) is 47.1 Å². The van der Waals surface area contributed by atoms with Gasteiger partial charge in [-0.25, -0.2) is 4.63 Å². The number of para-hydroxylation sites is 1. The smallest absolute Gasteiger partial charge is 0.290 e. The van der Waals surface area contributed by atoms with Gasteiger partial charge < -0.3 is 24.1 Å². The Balaban J connectivity index is 0.000000197. The van der Waals surface area contributed by atoms with Crippen LogP contribution >= 0.6 is 0 Å². The molecule has 9 heteroatoms. The van der Waals surface area contributed by atoms with Gasteiger partial charge in [-0.1, -0.05) is 18.2 Å². The van der Waals surface area contributed by atoms with Crippen LogP contribution in [-0.2, 0) is 20.9 Å². The van der Waals surface area contributed by atoms with Gasteiger partial charge in [0.2, 0.25) is 6.29 Å². The summed E-state index contributed by atoms with van der Waals surface area (Å²) in [6.07, 6.45) is 0.0916. The van der Waals surface area contributed by atoms with Crippen molar-refractivity contribution in [1.82, 2.24) is 10.3 Å². The summed E-state index contributed by atoms with van der Waals surface area (Å²) in [6.45, 7) is 8.78. The number of benzene rings is 2. The molecule has 1 unspecified atom stereocenters. The molecular weight excluding hydrogens is 404 g/mol. The van der Waals surface area contributed by atoms with Gasteiger partial charge in [0.25, 0.3) is 6.47 Å². The molecule has 0 fully saturated rings. The summed E-state index contributed by atoms with van der Waals surface area (Å²) in [5, 5.41) is 14.3. The van der Waals surface area contributed by atoms with E-state index < -0.39 is 0 Å². The van der Waals surface area contributed by atoms with Crippen LogP contribution in [0.5, 0.6) is 11.5 Å². The Kier molecular flexibility index (Phi) is 9.73. The quantitative estimate of drug-likeness (QED) is 0.596. The lowest BCUT2D eigenvalue weighted by Crippen LogP contribution is -2.31. The molecule has 0 bridgehead atoms. The van der Waals surface area contributed by atoms with Crippen LogP contribution in [0.3, 0.4) is 0 Å². The number of hydrogen-bond acceptors (Lipinski definition) is 8. The second-order valence-electron chi connectivity index (χ2n) is 7.03. The fourth-order valence-corrected chi connectivity index (χ4v) is 2.56. The first-order chi connectivity index (χ1) is 14.9. The molecule has 2 heterocycles. The zero-order chi connectivity index (χ0) is 22.6. The van der Waals surface area contributed by atoms with Crippen LogP contribution in [-0.4, -0.2) is 47.0 Å². The standard InChI is InChI=1S/C12H16O3.C9H10N2O2.CH2O2/c1-9(2)13-8-12-14-7-10-5-3-4-6-11(10)15-12;1-6(2)12-7-3-4-8-9(5-7)11-13-10-8;2-1-3/h3-6,9,12H,7-8H2,1-2H3;3-6H,1-2H3;1H,(H,2,3). The van der Waals surface area contributed by atoms with E-state index in [-0.39, 0.29) is 25.0 Å². The molecule has 3 aromatic rings. The van der Waals surface area contributed by atoms with Crippen LogP contribution in [0, 0.1) is 0 Å². The molecule has 4 rings (SSSR count). The molecule has 2 aromatic carbocycles. The topological polar surface area (TPSA) is 113 Å². The Morgan fingerprint density at radius 3 is 2.52 bits per heavy atom. The van der Waals surface area contributed by atoms with Gasteiger partial charge in [0.1, 0.15) is 29.1 Å². The van der Waals surface area contributed by atoms with Gasteiger partial charge in [-0.2, -0.15) is 0 Å². The average molecular weight is 432 g/mol. The largest absolute Gasteiger partial charge is 0.491 e. The van der Waals surface area contributed by atoms with Gasteiger partial charge >= 0.3 is 0 Å². The molecule has 0 spiro atoms. The van der Waals surface area contributed by atoms with Crippen LogP contribution in [0.2, 0.25) is 0 Å². The lowest BCUT2D eigenvalue weighted by Gasteiger charge is -2.26. The Bertz CT molecular complexity index is 927. The molecule has 1 atom stereocenters. The summed E-state index contributed by atoms with van der Waals surface area (Å²) in [4.78, 5) is 8.36. The Morgan fingerprint density at radius 2 is 1.81 bits per heavy atom. The Hall–Kier alpha value is -3.17. The number of ether oxygens (including phenoxy) is 4. The van der Waals surface area contributed by atoms with Crippen LogP contribution in [0.4, 0.5) is 0 Å². The van der Waals surface area contributed by atoms with Crippen molar-refractivity contribution in [2.24, 2.45) is 0 Å². The third-order valence-electron chi connectivity index (χ3n) is 3.82. The molecule has 0 amide bonds. The minimum Gasteiger partial charge on any atom is -0.491 e. The fourth-order valence-electron chi connectivity index (χ4n) is 2.56. The number of fused-ring (bicyclic) bond motifs is 2. The number of hydrogen-bond donors (Lipinski definition) is 1. The number of carbonyl (C=O) groups is 1. The van der Waals surface area contributed by atoms with Crippen molar-refractivity contribution in [3.8, 4) is 11.5 Å².